The third-order valence-corrected chi connectivity index (χ3v) is 2.60. The number of carbonyl (C=O) groups excluding carboxylic acids is 1. The summed E-state index contributed by atoms with van der Waals surface area (Å²) in [4.78, 5) is 13.0. The first-order valence-electron chi connectivity index (χ1n) is 5.51. The molecule has 0 aliphatic heterocycles. The molecule has 4 heteroatoms. The molecule has 94 valence electrons. The average Bonchev–Trinajstić information content (AvgIpc) is 2.34. The van der Waals surface area contributed by atoms with Gasteiger partial charge in [-0.15, -0.1) is 0 Å². The lowest BCUT2D eigenvalue weighted by atomic mass is 10.2. The van der Waals surface area contributed by atoms with Gasteiger partial charge in [-0.2, -0.15) is 0 Å². The van der Waals surface area contributed by atoms with E-state index < -0.39 is 0 Å². The molecule has 0 radical (unpaired) electrons. The van der Waals surface area contributed by atoms with Gasteiger partial charge >= 0.3 is 0 Å². The van der Waals surface area contributed by atoms with Crippen LogP contribution in [0.4, 0.5) is 5.69 Å². The average molecular weight is 237 g/mol. The van der Waals surface area contributed by atoms with Crippen LogP contribution < -0.4 is 14.4 Å². The number of Topliss-reactive ketones (excluding diaryl/α,β-unsaturated/α-hetero) is 1. The molecule has 0 fully saturated rings. The van der Waals surface area contributed by atoms with Crippen LogP contribution >= 0.6 is 0 Å². The summed E-state index contributed by atoms with van der Waals surface area (Å²) < 4.78 is 10.5. The number of rotatable bonds is 6. The number of methoxy groups -OCH3 is 2. The quantitative estimate of drug-likeness (QED) is 0.759. The normalized spacial score (nSPS) is 9.88. The maximum absolute atomic E-state index is 11.0. The molecule has 0 saturated carbocycles. The zero-order chi connectivity index (χ0) is 12.8. The summed E-state index contributed by atoms with van der Waals surface area (Å²) in [5.41, 5.74) is 0.924. The molecule has 0 heterocycles. The minimum absolute atomic E-state index is 0.179. The Morgan fingerprint density at radius 3 is 2.53 bits per heavy atom. The maximum Gasteiger partial charge on any atom is 0.142 e. The van der Waals surface area contributed by atoms with Crippen LogP contribution in [-0.2, 0) is 4.79 Å². The molecule has 0 atom stereocenters. The number of ether oxygens (including phenoxy) is 2. The number of hydrogen-bond donors (Lipinski definition) is 0. The topological polar surface area (TPSA) is 38.8 Å². The number of ketones is 1. The highest BCUT2D eigenvalue weighted by Gasteiger charge is 2.10. The van der Waals surface area contributed by atoms with Crippen LogP contribution in [0.5, 0.6) is 11.5 Å². The van der Waals surface area contributed by atoms with E-state index in [4.69, 9.17) is 9.47 Å². The minimum Gasteiger partial charge on any atom is -0.497 e. The Morgan fingerprint density at radius 1 is 1.29 bits per heavy atom. The van der Waals surface area contributed by atoms with Crippen molar-refractivity contribution < 1.29 is 14.3 Å². The van der Waals surface area contributed by atoms with Crippen molar-refractivity contribution in [1.29, 1.82) is 0 Å². The standard InChI is InChI=1S/C13H19NO3/c1-10(15)7-8-14(2)12-9-11(16-3)5-6-13(12)17-4/h5-6,9H,7-8H2,1-4H3. The van der Waals surface area contributed by atoms with Crippen molar-refractivity contribution in [3.8, 4) is 11.5 Å². The third-order valence-electron chi connectivity index (χ3n) is 2.60. The predicted molar refractivity (Wildman–Crippen MR) is 68.1 cm³/mol. The maximum atomic E-state index is 11.0. The van der Waals surface area contributed by atoms with Crippen LogP contribution in [-0.4, -0.2) is 33.6 Å². The van der Waals surface area contributed by atoms with E-state index in [0.29, 0.717) is 13.0 Å². The van der Waals surface area contributed by atoms with Gasteiger partial charge in [0.2, 0.25) is 0 Å². The fraction of sp³-hybridized carbons (Fsp3) is 0.462. The van der Waals surface area contributed by atoms with E-state index in [1.807, 2.05) is 30.1 Å². The first-order chi connectivity index (χ1) is 8.08. The highest BCUT2D eigenvalue weighted by Crippen LogP contribution is 2.31. The van der Waals surface area contributed by atoms with Crippen molar-refractivity contribution >= 4 is 11.5 Å². The van der Waals surface area contributed by atoms with Gasteiger partial charge in [0.1, 0.15) is 17.3 Å². The molecular weight excluding hydrogens is 218 g/mol. The molecular formula is C13H19NO3. The van der Waals surface area contributed by atoms with E-state index in [1.165, 1.54) is 0 Å². The predicted octanol–water partition coefficient (Wildman–Crippen LogP) is 2.12. The lowest BCUT2D eigenvalue weighted by Crippen LogP contribution is -2.21. The molecule has 4 nitrogen and oxygen atoms in total. The Morgan fingerprint density at radius 2 is 2.00 bits per heavy atom. The first kappa shape index (κ1) is 13.4. The molecule has 0 amide bonds. The summed E-state index contributed by atoms with van der Waals surface area (Å²) >= 11 is 0. The van der Waals surface area contributed by atoms with E-state index in [2.05, 4.69) is 0 Å². The van der Waals surface area contributed by atoms with E-state index in [9.17, 15) is 4.79 Å². The fourth-order valence-electron chi connectivity index (χ4n) is 1.54. The Bertz CT molecular complexity index is 390. The number of hydrogen-bond acceptors (Lipinski definition) is 4. The summed E-state index contributed by atoms with van der Waals surface area (Å²) in [5, 5.41) is 0. The number of nitrogens with zero attached hydrogens (tertiary/aromatic N) is 1. The summed E-state index contributed by atoms with van der Waals surface area (Å²) in [7, 11) is 5.19. The summed E-state index contributed by atoms with van der Waals surface area (Å²) in [6, 6.07) is 5.61. The Labute approximate surface area is 102 Å². The van der Waals surface area contributed by atoms with Gasteiger partial charge in [0.05, 0.1) is 19.9 Å². The lowest BCUT2D eigenvalue weighted by Gasteiger charge is -2.21. The minimum atomic E-state index is 0.179. The highest BCUT2D eigenvalue weighted by molar-refractivity contribution is 5.76. The first-order valence-corrected chi connectivity index (χ1v) is 5.51. The van der Waals surface area contributed by atoms with Gasteiger partial charge in [-0.25, -0.2) is 0 Å². The highest BCUT2D eigenvalue weighted by atomic mass is 16.5. The van der Waals surface area contributed by atoms with E-state index in [0.717, 1.165) is 17.2 Å². The zero-order valence-corrected chi connectivity index (χ0v) is 10.8. The molecule has 0 aliphatic rings. The van der Waals surface area contributed by atoms with Crippen molar-refractivity contribution in [2.45, 2.75) is 13.3 Å². The number of anilines is 1. The Kier molecular flexibility index (Phi) is 4.82. The second-order valence-electron chi connectivity index (χ2n) is 3.91. The fourth-order valence-corrected chi connectivity index (χ4v) is 1.54. The molecule has 0 aliphatic carbocycles. The van der Waals surface area contributed by atoms with Gasteiger partial charge < -0.3 is 14.4 Å². The largest absolute Gasteiger partial charge is 0.497 e. The van der Waals surface area contributed by atoms with Crippen molar-refractivity contribution in [3.05, 3.63) is 18.2 Å². The van der Waals surface area contributed by atoms with Crippen LogP contribution in [0.15, 0.2) is 18.2 Å². The van der Waals surface area contributed by atoms with Crippen LogP contribution in [0.1, 0.15) is 13.3 Å². The zero-order valence-electron chi connectivity index (χ0n) is 10.8. The third kappa shape index (κ3) is 3.66. The molecule has 1 rings (SSSR count). The second-order valence-corrected chi connectivity index (χ2v) is 3.91. The van der Waals surface area contributed by atoms with Crippen LogP contribution in [0, 0.1) is 0 Å². The smallest absolute Gasteiger partial charge is 0.142 e. The van der Waals surface area contributed by atoms with Gasteiger partial charge in [0.25, 0.3) is 0 Å². The molecule has 0 bridgehead atoms. The van der Waals surface area contributed by atoms with Gasteiger partial charge in [0, 0.05) is 26.1 Å². The van der Waals surface area contributed by atoms with Gasteiger partial charge in [-0.3, -0.25) is 4.79 Å². The molecule has 0 N–H and O–H groups in total. The number of benzene rings is 1. The Balaban J connectivity index is 2.88. The van der Waals surface area contributed by atoms with E-state index in [-0.39, 0.29) is 5.78 Å². The van der Waals surface area contributed by atoms with E-state index in [1.54, 1.807) is 21.1 Å². The molecule has 17 heavy (non-hydrogen) atoms. The van der Waals surface area contributed by atoms with Gasteiger partial charge in [-0.05, 0) is 19.1 Å². The molecule has 0 aromatic heterocycles. The summed E-state index contributed by atoms with van der Waals surface area (Å²) in [6.45, 7) is 2.26. The van der Waals surface area contributed by atoms with Crippen LogP contribution in [0.3, 0.4) is 0 Å². The number of carbonyl (C=O) groups is 1. The second kappa shape index (κ2) is 6.13. The van der Waals surface area contributed by atoms with Crippen molar-refractivity contribution in [2.24, 2.45) is 0 Å². The lowest BCUT2D eigenvalue weighted by molar-refractivity contribution is -0.116. The molecule has 0 unspecified atom stereocenters. The van der Waals surface area contributed by atoms with E-state index >= 15 is 0 Å². The van der Waals surface area contributed by atoms with Crippen LogP contribution in [0.2, 0.25) is 0 Å². The van der Waals surface area contributed by atoms with Gasteiger partial charge in [0.15, 0.2) is 0 Å². The Hall–Kier alpha value is -1.71. The summed E-state index contributed by atoms with van der Waals surface area (Å²) in [6.07, 6.45) is 0.525. The molecule has 0 saturated heterocycles. The molecule has 1 aromatic carbocycles. The molecule has 0 spiro atoms. The SMILES string of the molecule is COc1ccc(OC)c(N(C)CCC(C)=O)c1. The van der Waals surface area contributed by atoms with Crippen LogP contribution in [0.25, 0.3) is 0 Å². The van der Waals surface area contributed by atoms with Crippen molar-refractivity contribution in [3.63, 3.8) is 0 Å². The van der Waals surface area contributed by atoms with Crippen molar-refractivity contribution in [1.82, 2.24) is 0 Å². The molecule has 1 aromatic rings. The summed E-state index contributed by atoms with van der Waals surface area (Å²) in [5.74, 6) is 1.73. The van der Waals surface area contributed by atoms with Gasteiger partial charge in [-0.1, -0.05) is 0 Å². The monoisotopic (exact) mass is 237 g/mol. The van der Waals surface area contributed by atoms with Crippen molar-refractivity contribution in [2.75, 3.05) is 32.7 Å².